The highest BCUT2D eigenvalue weighted by Crippen LogP contribution is 2.34. The topological polar surface area (TPSA) is 90.3 Å². The smallest absolute Gasteiger partial charge is 0.294 e. The molecule has 2 aromatic rings. The number of ether oxygens (including phenoxy) is 3. The molecule has 1 saturated heterocycles. The SMILES string of the molecule is CCOc1ccc(CNC(=O)c2ccc3c(c2)NC(=O)C([NH+]2CCOCC2)S3)cc1OC. The predicted molar refractivity (Wildman–Crippen MR) is 122 cm³/mol. The molecule has 32 heavy (non-hydrogen) atoms. The van der Waals surface area contributed by atoms with E-state index in [1.807, 2.05) is 31.2 Å². The molecule has 0 bridgehead atoms. The lowest BCUT2D eigenvalue weighted by molar-refractivity contribution is -0.909. The summed E-state index contributed by atoms with van der Waals surface area (Å²) in [6, 6.07) is 11.0. The Morgan fingerprint density at radius 2 is 2.03 bits per heavy atom. The van der Waals surface area contributed by atoms with Gasteiger partial charge in [0.25, 0.3) is 11.8 Å². The average Bonchev–Trinajstić information content (AvgIpc) is 2.83. The maximum Gasteiger partial charge on any atom is 0.294 e. The fourth-order valence-electron chi connectivity index (χ4n) is 3.80. The van der Waals surface area contributed by atoms with Gasteiger partial charge in [-0.1, -0.05) is 17.8 Å². The number of morpholine rings is 1. The lowest BCUT2D eigenvalue weighted by atomic mass is 10.1. The Morgan fingerprint density at radius 1 is 1.22 bits per heavy atom. The number of hydrogen-bond acceptors (Lipinski definition) is 6. The molecule has 9 heteroatoms. The highest BCUT2D eigenvalue weighted by Gasteiger charge is 2.36. The van der Waals surface area contributed by atoms with E-state index < -0.39 is 0 Å². The highest BCUT2D eigenvalue weighted by atomic mass is 32.2. The third-order valence-corrected chi connectivity index (χ3v) is 6.86. The molecule has 1 atom stereocenters. The minimum absolute atomic E-state index is 0.0292. The molecule has 2 aliphatic rings. The van der Waals surface area contributed by atoms with Gasteiger partial charge in [0.1, 0.15) is 13.1 Å². The van der Waals surface area contributed by atoms with E-state index in [1.54, 1.807) is 31.0 Å². The van der Waals surface area contributed by atoms with E-state index >= 15 is 0 Å². The molecule has 2 aliphatic heterocycles. The van der Waals surface area contributed by atoms with Gasteiger partial charge >= 0.3 is 0 Å². The van der Waals surface area contributed by atoms with Crippen molar-refractivity contribution in [2.24, 2.45) is 0 Å². The first-order valence-corrected chi connectivity index (χ1v) is 11.6. The molecule has 0 spiro atoms. The monoisotopic (exact) mass is 458 g/mol. The zero-order valence-corrected chi connectivity index (χ0v) is 19.1. The normalized spacial score (nSPS) is 18.4. The van der Waals surface area contributed by atoms with Crippen molar-refractivity contribution in [2.75, 3.05) is 45.3 Å². The van der Waals surface area contributed by atoms with Gasteiger partial charge in [0.2, 0.25) is 5.37 Å². The minimum Gasteiger partial charge on any atom is -0.493 e. The first-order chi connectivity index (χ1) is 15.6. The third kappa shape index (κ3) is 5.01. The number of anilines is 1. The maximum atomic E-state index is 12.7. The number of carbonyl (C=O) groups excluding carboxylic acids is 2. The van der Waals surface area contributed by atoms with Gasteiger partial charge < -0.3 is 29.7 Å². The largest absolute Gasteiger partial charge is 0.493 e. The number of methoxy groups -OCH3 is 1. The lowest BCUT2D eigenvalue weighted by Crippen LogP contribution is -3.18. The minimum atomic E-state index is -0.208. The molecule has 1 unspecified atom stereocenters. The van der Waals surface area contributed by atoms with Crippen LogP contribution in [-0.2, 0) is 16.1 Å². The number of nitrogens with one attached hydrogen (secondary N) is 3. The van der Waals surface area contributed by atoms with Crippen LogP contribution >= 0.6 is 11.8 Å². The molecule has 2 heterocycles. The molecule has 2 aromatic carbocycles. The van der Waals surface area contributed by atoms with Crippen molar-refractivity contribution in [3.8, 4) is 11.5 Å². The van der Waals surface area contributed by atoms with Crippen molar-refractivity contribution in [3.05, 3.63) is 47.5 Å². The van der Waals surface area contributed by atoms with Gasteiger partial charge in [-0.15, -0.1) is 0 Å². The first kappa shape index (κ1) is 22.4. The van der Waals surface area contributed by atoms with Crippen molar-refractivity contribution in [1.29, 1.82) is 0 Å². The second-order valence-corrected chi connectivity index (χ2v) is 8.72. The molecule has 2 amide bonds. The van der Waals surface area contributed by atoms with Gasteiger partial charge in [0.05, 0.1) is 32.6 Å². The Kier molecular flexibility index (Phi) is 7.19. The number of amides is 2. The van der Waals surface area contributed by atoms with Crippen molar-refractivity contribution < 1.29 is 28.7 Å². The van der Waals surface area contributed by atoms with Crippen LogP contribution in [0.3, 0.4) is 0 Å². The zero-order valence-electron chi connectivity index (χ0n) is 18.2. The molecule has 0 saturated carbocycles. The third-order valence-electron chi connectivity index (χ3n) is 5.47. The maximum absolute atomic E-state index is 12.7. The van der Waals surface area contributed by atoms with Crippen LogP contribution in [0.5, 0.6) is 11.5 Å². The van der Waals surface area contributed by atoms with Crippen molar-refractivity contribution >= 4 is 29.3 Å². The number of quaternary nitrogens is 1. The summed E-state index contributed by atoms with van der Waals surface area (Å²) >= 11 is 1.55. The summed E-state index contributed by atoms with van der Waals surface area (Å²) in [5, 5.41) is 5.71. The lowest BCUT2D eigenvalue weighted by Gasteiger charge is -2.32. The fourth-order valence-corrected chi connectivity index (χ4v) is 5.00. The molecule has 8 nitrogen and oxygen atoms in total. The number of thioether (sulfide) groups is 1. The summed E-state index contributed by atoms with van der Waals surface area (Å²) in [5.41, 5.74) is 2.08. The van der Waals surface area contributed by atoms with Crippen LogP contribution in [0.4, 0.5) is 5.69 Å². The number of rotatable bonds is 7. The van der Waals surface area contributed by atoms with E-state index in [0.29, 0.717) is 49.1 Å². The van der Waals surface area contributed by atoms with E-state index in [4.69, 9.17) is 14.2 Å². The van der Waals surface area contributed by atoms with Crippen LogP contribution in [0.2, 0.25) is 0 Å². The molecule has 0 radical (unpaired) electrons. The van der Waals surface area contributed by atoms with Crippen LogP contribution in [-0.4, -0.2) is 57.2 Å². The quantitative estimate of drug-likeness (QED) is 0.580. The standard InChI is InChI=1S/C23H27N3O5S/c1-3-31-18-6-4-15(12-19(18)29-2)14-24-21(27)16-5-7-20-17(13-16)25-22(28)23(32-20)26-8-10-30-11-9-26/h4-7,12-13,23H,3,8-11,14H2,1-2H3,(H,24,27)(H,25,28)/p+1. The predicted octanol–water partition coefficient (Wildman–Crippen LogP) is 1.31. The van der Waals surface area contributed by atoms with Crippen molar-refractivity contribution in [1.82, 2.24) is 5.32 Å². The summed E-state index contributed by atoms with van der Waals surface area (Å²) in [7, 11) is 1.59. The fraction of sp³-hybridized carbons (Fsp3) is 0.391. The Labute approximate surface area is 191 Å². The average molecular weight is 459 g/mol. The number of benzene rings is 2. The molecular weight excluding hydrogens is 430 g/mol. The summed E-state index contributed by atoms with van der Waals surface area (Å²) < 4.78 is 16.3. The Hall–Kier alpha value is -2.75. The second-order valence-electron chi connectivity index (χ2n) is 7.57. The van der Waals surface area contributed by atoms with E-state index in [9.17, 15) is 9.59 Å². The Morgan fingerprint density at radius 3 is 2.78 bits per heavy atom. The van der Waals surface area contributed by atoms with Gasteiger partial charge in [-0.05, 0) is 42.8 Å². The Balaban J connectivity index is 1.40. The van der Waals surface area contributed by atoms with Crippen LogP contribution in [0.15, 0.2) is 41.3 Å². The summed E-state index contributed by atoms with van der Waals surface area (Å²) in [5.74, 6) is 1.06. The van der Waals surface area contributed by atoms with E-state index in [2.05, 4.69) is 10.6 Å². The highest BCUT2D eigenvalue weighted by molar-refractivity contribution is 8.00. The van der Waals surface area contributed by atoms with Gasteiger partial charge in [0, 0.05) is 17.0 Å². The molecule has 4 rings (SSSR count). The number of carbonyl (C=O) groups is 2. The summed E-state index contributed by atoms with van der Waals surface area (Å²) in [6.45, 7) is 5.79. The number of hydrogen-bond donors (Lipinski definition) is 3. The van der Waals surface area contributed by atoms with Crippen molar-refractivity contribution in [2.45, 2.75) is 23.7 Å². The summed E-state index contributed by atoms with van der Waals surface area (Å²) in [6.07, 6.45) is 0. The molecule has 170 valence electrons. The molecule has 0 aromatic heterocycles. The molecule has 3 N–H and O–H groups in total. The first-order valence-electron chi connectivity index (χ1n) is 10.7. The Bertz CT molecular complexity index is 994. The van der Waals surface area contributed by atoms with E-state index in [1.165, 1.54) is 4.90 Å². The second kappa shape index (κ2) is 10.2. The molecule has 0 aliphatic carbocycles. The van der Waals surface area contributed by atoms with Gasteiger partial charge in [-0.2, -0.15) is 0 Å². The van der Waals surface area contributed by atoms with Gasteiger partial charge in [-0.3, -0.25) is 9.59 Å². The van der Waals surface area contributed by atoms with Gasteiger partial charge in [-0.25, -0.2) is 0 Å². The number of fused-ring (bicyclic) bond motifs is 1. The zero-order chi connectivity index (χ0) is 22.5. The van der Waals surface area contributed by atoms with Gasteiger partial charge in [0.15, 0.2) is 11.5 Å². The molecule has 1 fully saturated rings. The van der Waals surface area contributed by atoms with Crippen LogP contribution in [0.25, 0.3) is 0 Å². The van der Waals surface area contributed by atoms with Crippen molar-refractivity contribution in [3.63, 3.8) is 0 Å². The molecular formula is C23H28N3O5S+. The summed E-state index contributed by atoms with van der Waals surface area (Å²) in [4.78, 5) is 27.6. The van der Waals surface area contributed by atoms with E-state index in [0.717, 1.165) is 23.5 Å². The van der Waals surface area contributed by atoms with Crippen LogP contribution < -0.4 is 25.0 Å². The van der Waals surface area contributed by atoms with Crippen LogP contribution in [0, 0.1) is 0 Å². The van der Waals surface area contributed by atoms with Crippen LogP contribution in [0.1, 0.15) is 22.8 Å². The van der Waals surface area contributed by atoms with E-state index in [-0.39, 0.29) is 17.2 Å².